The van der Waals surface area contributed by atoms with Crippen molar-refractivity contribution in [2.75, 3.05) is 5.32 Å². The summed E-state index contributed by atoms with van der Waals surface area (Å²) in [6.07, 6.45) is 1.86. The smallest absolute Gasteiger partial charge is 0.356 e. The fraction of sp³-hybridized carbons (Fsp3) is 0.414. The van der Waals surface area contributed by atoms with Gasteiger partial charge in [0.2, 0.25) is 21.8 Å². The van der Waals surface area contributed by atoms with Gasteiger partial charge in [-0.25, -0.2) is 17.9 Å². The summed E-state index contributed by atoms with van der Waals surface area (Å²) in [4.78, 5) is 24.5. The molecule has 2 aromatic carbocycles. The Kier molecular flexibility index (Phi) is 9.75. The van der Waals surface area contributed by atoms with E-state index in [0.717, 1.165) is 11.1 Å². The van der Waals surface area contributed by atoms with Crippen molar-refractivity contribution < 1.29 is 27.9 Å². The van der Waals surface area contributed by atoms with E-state index in [9.17, 15) is 23.1 Å². The lowest BCUT2D eigenvalue weighted by Crippen LogP contribution is -2.32. The van der Waals surface area contributed by atoms with Crippen molar-refractivity contribution in [3.05, 3.63) is 58.8 Å². The Morgan fingerprint density at radius 1 is 1.02 bits per heavy atom. The highest BCUT2D eigenvalue weighted by Crippen LogP contribution is 2.36. The second-order valence-electron chi connectivity index (χ2n) is 9.91. The molecule has 0 fully saturated rings. The minimum atomic E-state index is -4.10. The molecule has 0 radical (unpaired) electrons. The van der Waals surface area contributed by atoms with E-state index >= 15 is 0 Å². The van der Waals surface area contributed by atoms with Crippen LogP contribution in [0.1, 0.15) is 74.1 Å². The molecule has 0 aliphatic heterocycles. The molecule has 1 atom stereocenters. The van der Waals surface area contributed by atoms with Gasteiger partial charge >= 0.3 is 5.97 Å². The molecule has 11 heteroatoms. The number of hydrogen-bond acceptors (Lipinski definition) is 6. The first kappa shape index (κ1) is 30.8. The summed E-state index contributed by atoms with van der Waals surface area (Å²) in [5.74, 6) is -1.62. The van der Waals surface area contributed by atoms with Crippen molar-refractivity contribution in [2.45, 2.75) is 78.7 Å². The number of ether oxygens (including phenoxy) is 1. The predicted molar refractivity (Wildman–Crippen MR) is 154 cm³/mol. The van der Waals surface area contributed by atoms with Gasteiger partial charge in [-0.05, 0) is 82.3 Å². The molecule has 1 aromatic heterocycles. The predicted octanol–water partition coefficient (Wildman–Crippen LogP) is 5.74. The molecule has 1 amide bonds. The summed E-state index contributed by atoms with van der Waals surface area (Å²) in [7, 11) is -4.10. The maximum absolute atomic E-state index is 13.5. The lowest BCUT2D eigenvalue weighted by Gasteiger charge is -2.19. The van der Waals surface area contributed by atoms with Crippen LogP contribution in [-0.4, -0.2) is 41.2 Å². The standard InChI is InChI=1S/C29H38N4O6S/c1-8-18(5)32-40(37,38)25-16-22(30-27(34)21(9-2)10-3)14-15-24(25)39-28-20(7)26(29(35)36)31-33(28)23-13-11-12-17(4)19(23)6/h11-16,18,21,32H,8-10H2,1-7H3,(H,30,34)(H,35,36). The molecule has 1 unspecified atom stereocenters. The molecule has 3 aromatic rings. The number of aryl methyl sites for hydroxylation is 1. The Morgan fingerprint density at radius 3 is 2.30 bits per heavy atom. The van der Waals surface area contributed by atoms with Crippen molar-refractivity contribution in [2.24, 2.45) is 5.92 Å². The monoisotopic (exact) mass is 570 g/mol. The summed E-state index contributed by atoms with van der Waals surface area (Å²) in [6, 6.07) is 9.54. The number of amides is 1. The van der Waals surface area contributed by atoms with E-state index in [1.807, 2.05) is 46.8 Å². The molecular formula is C29H38N4O6S. The minimum absolute atomic E-state index is 0.0390. The van der Waals surface area contributed by atoms with Crippen molar-refractivity contribution in [1.82, 2.24) is 14.5 Å². The molecule has 1 heterocycles. The van der Waals surface area contributed by atoms with Crippen LogP contribution in [0.5, 0.6) is 11.6 Å². The molecule has 3 N–H and O–H groups in total. The van der Waals surface area contributed by atoms with Crippen LogP contribution in [0.3, 0.4) is 0 Å². The van der Waals surface area contributed by atoms with Gasteiger partial charge in [-0.1, -0.05) is 32.9 Å². The first-order valence-electron chi connectivity index (χ1n) is 13.4. The van der Waals surface area contributed by atoms with Crippen LogP contribution in [0.2, 0.25) is 0 Å². The average molecular weight is 571 g/mol. The van der Waals surface area contributed by atoms with Crippen LogP contribution in [0, 0.1) is 26.7 Å². The maximum Gasteiger partial charge on any atom is 0.356 e. The summed E-state index contributed by atoms with van der Waals surface area (Å²) in [5.41, 5.74) is 2.75. The first-order valence-corrected chi connectivity index (χ1v) is 14.9. The Labute approximate surface area is 235 Å². The molecule has 0 saturated heterocycles. The van der Waals surface area contributed by atoms with E-state index in [4.69, 9.17) is 4.74 Å². The van der Waals surface area contributed by atoms with Crippen molar-refractivity contribution >= 4 is 27.6 Å². The molecule has 10 nitrogen and oxygen atoms in total. The fourth-order valence-corrected chi connectivity index (χ4v) is 5.71. The van der Waals surface area contributed by atoms with Crippen molar-refractivity contribution in [3.63, 3.8) is 0 Å². The Morgan fingerprint density at radius 2 is 1.70 bits per heavy atom. The van der Waals surface area contributed by atoms with Crippen LogP contribution in [-0.2, 0) is 14.8 Å². The Hall–Kier alpha value is -3.70. The number of hydrogen-bond donors (Lipinski definition) is 3. The van der Waals surface area contributed by atoms with E-state index < -0.39 is 16.0 Å². The minimum Gasteiger partial charge on any atom is -0.476 e. The molecule has 0 aliphatic rings. The zero-order valence-corrected chi connectivity index (χ0v) is 24.8. The number of nitrogens with zero attached hydrogens (tertiary/aromatic N) is 2. The second kappa shape index (κ2) is 12.6. The number of aromatic carboxylic acids is 1. The molecule has 216 valence electrons. The summed E-state index contributed by atoms with van der Waals surface area (Å²) < 4.78 is 37.3. The van der Waals surface area contributed by atoms with Gasteiger partial charge in [-0.3, -0.25) is 4.79 Å². The number of aromatic nitrogens is 2. The van der Waals surface area contributed by atoms with Gasteiger partial charge in [0.1, 0.15) is 10.6 Å². The normalized spacial score (nSPS) is 12.4. The number of sulfonamides is 1. The van der Waals surface area contributed by atoms with Crippen LogP contribution >= 0.6 is 0 Å². The van der Waals surface area contributed by atoms with Crippen LogP contribution < -0.4 is 14.8 Å². The summed E-state index contributed by atoms with van der Waals surface area (Å²) in [6.45, 7) is 12.8. The van der Waals surface area contributed by atoms with Gasteiger partial charge in [0.15, 0.2) is 5.69 Å². The van der Waals surface area contributed by atoms with E-state index in [2.05, 4.69) is 15.1 Å². The van der Waals surface area contributed by atoms with Gasteiger partial charge in [0.25, 0.3) is 0 Å². The van der Waals surface area contributed by atoms with Crippen molar-refractivity contribution in [1.29, 1.82) is 0 Å². The van der Waals surface area contributed by atoms with Gasteiger partial charge in [-0.15, -0.1) is 0 Å². The third-order valence-corrected chi connectivity index (χ3v) is 8.72. The van der Waals surface area contributed by atoms with Crippen LogP contribution in [0.4, 0.5) is 5.69 Å². The van der Waals surface area contributed by atoms with E-state index in [1.54, 1.807) is 26.0 Å². The number of rotatable bonds is 12. The zero-order valence-electron chi connectivity index (χ0n) is 24.0. The van der Waals surface area contributed by atoms with Gasteiger partial charge in [-0.2, -0.15) is 9.78 Å². The first-order chi connectivity index (χ1) is 18.8. The average Bonchev–Trinajstić information content (AvgIpc) is 3.22. The lowest BCUT2D eigenvalue weighted by atomic mass is 10.0. The number of carbonyl (C=O) groups is 2. The van der Waals surface area contributed by atoms with E-state index in [1.165, 1.54) is 16.8 Å². The molecule has 0 saturated carbocycles. The fourth-order valence-electron chi connectivity index (χ4n) is 4.23. The zero-order chi connectivity index (χ0) is 29.8. The van der Waals surface area contributed by atoms with Gasteiger partial charge in [0.05, 0.1) is 5.69 Å². The SMILES string of the molecule is CCC(C)NS(=O)(=O)c1cc(NC(=O)C(CC)CC)ccc1Oc1c(C)c(C(=O)O)nn1-c1cccc(C)c1C. The number of anilines is 1. The number of carboxylic acid groups (broad SMARTS) is 1. The van der Waals surface area contributed by atoms with Gasteiger partial charge < -0.3 is 15.2 Å². The summed E-state index contributed by atoms with van der Waals surface area (Å²) in [5, 5.41) is 16.9. The molecule has 3 rings (SSSR count). The number of benzene rings is 2. The molecule has 0 aliphatic carbocycles. The highest BCUT2D eigenvalue weighted by atomic mass is 32.2. The molecule has 0 bridgehead atoms. The second-order valence-corrected chi connectivity index (χ2v) is 11.6. The topological polar surface area (TPSA) is 140 Å². The van der Waals surface area contributed by atoms with Crippen LogP contribution in [0.15, 0.2) is 41.3 Å². The molecule has 40 heavy (non-hydrogen) atoms. The van der Waals surface area contributed by atoms with Crippen molar-refractivity contribution in [3.8, 4) is 17.3 Å². The van der Waals surface area contributed by atoms with Gasteiger partial charge in [0, 0.05) is 23.2 Å². The Bertz CT molecular complexity index is 1510. The van der Waals surface area contributed by atoms with Crippen LogP contribution in [0.25, 0.3) is 5.69 Å². The Balaban J connectivity index is 2.19. The maximum atomic E-state index is 13.5. The molecular weight excluding hydrogens is 532 g/mol. The lowest BCUT2D eigenvalue weighted by molar-refractivity contribution is -0.120. The largest absolute Gasteiger partial charge is 0.476 e. The number of nitrogens with one attached hydrogen (secondary N) is 2. The van der Waals surface area contributed by atoms with E-state index in [-0.39, 0.29) is 45.6 Å². The van der Waals surface area contributed by atoms with E-state index in [0.29, 0.717) is 30.6 Å². The highest BCUT2D eigenvalue weighted by Gasteiger charge is 2.28. The molecule has 0 spiro atoms. The summed E-state index contributed by atoms with van der Waals surface area (Å²) >= 11 is 0. The quantitative estimate of drug-likeness (QED) is 0.252. The highest BCUT2D eigenvalue weighted by molar-refractivity contribution is 7.89. The number of carbonyl (C=O) groups excluding carboxylic acids is 1. The third-order valence-electron chi connectivity index (χ3n) is 7.11. The number of carboxylic acids is 1. The third kappa shape index (κ3) is 6.53.